The van der Waals surface area contributed by atoms with E-state index >= 15 is 0 Å². The lowest BCUT2D eigenvalue weighted by molar-refractivity contribution is -0.139. The maximum atomic E-state index is 13.6. The molecule has 0 radical (unpaired) electrons. The molecule has 25 heavy (non-hydrogen) atoms. The Kier molecular flexibility index (Phi) is 8.32. The quantitative estimate of drug-likeness (QED) is 0.796. The molecule has 0 aromatic heterocycles. The Balaban J connectivity index is 0.00000156. The van der Waals surface area contributed by atoms with E-state index in [-0.39, 0.29) is 36.6 Å². The topological polar surface area (TPSA) is 24.5 Å². The second-order valence-corrected chi connectivity index (χ2v) is 6.43. The Morgan fingerprint density at radius 1 is 1.20 bits per heavy atom. The normalized spacial score (nSPS) is 19.5. The summed E-state index contributed by atoms with van der Waals surface area (Å²) in [6, 6.07) is 4.23. The van der Waals surface area contributed by atoms with Gasteiger partial charge in [0.05, 0.1) is 12.7 Å². The fourth-order valence-corrected chi connectivity index (χ4v) is 3.33. The number of nitrogens with zero attached hydrogens (tertiary/aromatic N) is 1. The van der Waals surface area contributed by atoms with Crippen LogP contribution in [0.5, 0.6) is 5.75 Å². The van der Waals surface area contributed by atoms with Gasteiger partial charge in [-0.2, -0.15) is 13.2 Å². The molecule has 1 saturated carbocycles. The smallest absolute Gasteiger partial charge is 0.416 e. The zero-order valence-electron chi connectivity index (χ0n) is 14.1. The Labute approximate surface area is 159 Å². The van der Waals surface area contributed by atoms with Crippen molar-refractivity contribution >= 4 is 24.8 Å². The van der Waals surface area contributed by atoms with Gasteiger partial charge in [-0.25, -0.2) is 0 Å². The monoisotopic (exact) mass is 400 g/mol. The lowest BCUT2D eigenvalue weighted by atomic mass is 9.93. The highest BCUT2D eigenvalue weighted by Gasteiger charge is 2.39. The van der Waals surface area contributed by atoms with Gasteiger partial charge in [0.1, 0.15) is 5.75 Å². The molecule has 2 fully saturated rings. The zero-order valence-corrected chi connectivity index (χ0v) is 15.8. The van der Waals surface area contributed by atoms with Gasteiger partial charge in [-0.15, -0.1) is 24.8 Å². The van der Waals surface area contributed by atoms with E-state index in [1.165, 1.54) is 7.11 Å². The molecule has 1 aliphatic carbocycles. The first-order chi connectivity index (χ1) is 11.0. The highest BCUT2D eigenvalue weighted by molar-refractivity contribution is 5.85. The first kappa shape index (κ1) is 22.4. The maximum Gasteiger partial charge on any atom is 0.416 e. The number of alkyl halides is 3. The number of nitrogens with one attached hydrogen (secondary N) is 1. The minimum absolute atomic E-state index is 0. The van der Waals surface area contributed by atoms with Crippen LogP contribution in [0.15, 0.2) is 18.2 Å². The maximum absolute atomic E-state index is 13.6. The number of rotatable bonds is 5. The van der Waals surface area contributed by atoms with Crippen LogP contribution < -0.4 is 10.1 Å². The molecule has 1 heterocycles. The van der Waals surface area contributed by atoms with Crippen LogP contribution in [0.4, 0.5) is 13.2 Å². The molecule has 1 aromatic rings. The summed E-state index contributed by atoms with van der Waals surface area (Å²) in [5.41, 5.74) is -0.159. The molecule has 1 aromatic carbocycles. The molecule has 1 saturated heterocycles. The van der Waals surface area contributed by atoms with E-state index in [0.29, 0.717) is 11.5 Å². The van der Waals surface area contributed by atoms with Crippen molar-refractivity contribution in [3.05, 3.63) is 29.3 Å². The summed E-state index contributed by atoms with van der Waals surface area (Å²) in [5, 5.41) is 3.27. The molecule has 1 aliphatic heterocycles. The molecule has 1 N–H and O–H groups in total. The van der Waals surface area contributed by atoms with Crippen molar-refractivity contribution in [1.29, 1.82) is 0 Å². The summed E-state index contributed by atoms with van der Waals surface area (Å²) < 4.78 is 45.7. The summed E-state index contributed by atoms with van der Waals surface area (Å²) in [5.74, 6) is 0.824. The number of hydrogen-bond donors (Lipinski definition) is 1. The van der Waals surface area contributed by atoms with E-state index in [0.717, 1.165) is 51.5 Å². The third-order valence-electron chi connectivity index (χ3n) is 4.77. The molecular formula is C17H25Cl2F3N2O. The number of benzene rings is 1. The molecule has 2 aliphatic rings. The Bertz CT molecular complexity index is 547. The van der Waals surface area contributed by atoms with E-state index in [1.807, 2.05) is 0 Å². The van der Waals surface area contributed by atoms with Crippen LogP contribution >= 0.6 is 24.8 Å². The van der Waals surface area contributed by atoms with Crippen LogP contribution in [0, 0.1) is 5.92 Å². The molecule has 3 nitrogen and oxygen atoms in total. The molecule has 0 amide bonds. The minimum atomic E-state index is -4.36. The summed E-state index contributed by atoms with van der Waals surface area (Å²) >= 11 is 0. The van der Waals surface area contributed by atoms with E-state index in [9.17, 15) is 13.2 Å². The van der Waals surface area contributed by atoms with Gasteiger partial charge in [0.25, 0.3) is 0 Å². The van der Waals surface area contributed by atoms with Crippen LogP contribution in [-0.4, -0.2) is 38.2 Å². The van der Waals surface area contributed by atoms with Crippen molar-refractivity contribution in [2.45, 2.75) is 31.5 Å². The number of ether oxygens (including phenoxy) is 1. The first-order valence-electron chi connectivity index (χ1n) is 8.19. The molecule has 3 rings (SSSR count). The fourth-order valence-electron chi connectivity index (χ4n) is 3.33. The molecule has 8 heteroatoms. The molecular weight excluding hydrogens is 376 g/mol. The number of piperazine rings is 1. The Morgan fingerprint density at radius 2 is 1.84 bits per heavy atom. The largest absolute Gasteiger partial charge is 0.497 e. The molecule has 144 valence electrons. The molecule has 1 atom stereocenters. The predicted octanol–water partition coefficient (Wildman–Crippen LogP) is 4.30. The summed E-state index contributed by atoms with van der Waals surface area (Å²) in [7, 11) is 1.40. The second-order valence-electron chi connectivity index (χ2n) is 6.43. The van der Waals surface area contributed by atoms with E-state index < -0.39 is 11.7 Å². The number of methoxy groups -OCH3 is 1. The van der Waals surface area contributed by atoms with Crippen LogP contribution in [0.2, 0.25) is 0 Å². The summed E-state index contributed by atoms with van der Waals surface area (Å²) in [4.78, 5) is 2.20. The van der Waals surface area contributed by atoms with Gasteiger partial charge in [-0.05, 0) is 30.0 Å². The van der Waals surface area contributed by atoms with Crippen molar-refractivity contribution in [1.82, 2.24) is 10.2 Å². The van der Waals surface area contributed by atoms with Crippen LogP contribution in [0.3, 0.4) is 0 Å². The molecule has 0 spiro atoms. The van der Waals surface area contributed by atoms with Gasteiger partial charge in [-0.1, -0.05) is 18.9 Å². The molecule has 0 bridgehead atoms. The Hall–Kier alpha value is -0.690. The predicted molar refractivity (Wildman–Crippen MR) is 97.0 cm³/mol. The van der Waals surface area contributed by atoms with E-state index in [2.05, 4.69) is 10.2 Å². The van der Waals surface area contributed by atoms with Crippen LogP contribution in [0.25, 0.3) is 0 Å². The van der Waals surface area contributed by atoms with Crippen molar-refractivity contribution in [3.63, 3.8) is 0 Å². The highest BCUT2D eigenvalue weighted by atomic mass is 35.5. The standard InChI is InChI=1S/C17H23F3N2O.2ClH/c1-23-13-4-5-14(15(11-13)17(18,19)20)16(10-12-2-3-12)22-8-6-21-7-9-22;;/h4-5,11-12,16,21H,2-3,6-10H2,1H3;2*1H/t16-;;/m0../s1. The average molecular weight is 401 g/mol. The van der Waals surface area contributed by atoms with Crippen molar-refractivity contribution in [2.24, 2.45) is 5.92 Å². The van der Waals surface area contributed by atoms with E-state index in [4.69, 9.17) is 4.74 Å². The van der Waals surface area contributed by atoms with Gasteiger partial charge >= 0.3 is 6.18 Å². The lowest BCUT2D eigenvalue weighted by Crippen LogP contribution is -2.45. The van der Waals surface area contributed by atoms with Crippen LogP contribution in [-0.2, 0) is 6.18 Å². The summed E-state index contributed by atoms with van der Waals surface area (Å²) in [6.07, 6.45) is -1.27. The number of hydrogen-bond acceptors (Lipinski definition) is 3. The van der Waals surface area contributed by atoms with E-state index in [1.54, 1.807) is 12.1 Å². The molecule has 0 unspecified atom stereocenters. The van der Waals surface area contributed by atoms with Gasteiger partial charge < -0.3 is 10.1 Å². The Morgan fingerprint density at radius 3 is 2.36 bits per heavy atom. The number of halogens is 5. The third kappa shape index (κ3) is 5.64. The zero-order chi connectivity index (χ0) is 16.4. The summed E-state index contributed by atoms with van der Waals surface area (Å²) in [6.45, 7) is 3.25. The van der Waals surface area contributed by atoms with Crippen LogP contribution in [0.1, 0.15) is 36.4 Å². The van der Waals surface area contributed by atoms with Gasteiger partial charge in [0.2, 0.25) is 0 Å². The fraction of sp³-hybridized carbons (Fsp3) is 0.647. The minimum Gasteiger partial charge on any atom is -0.497 e. The SMILES string of the molecule is COc1ccc([C@H](CC2CC2)N2CCNCC2)c(C(F)(F)F)c1.Cl.Cl. The van der Waals surface area contributed by atoms with Crippen molar-refractivity contribution in [3.8, 4) is 5.75 Å². The lowest BCUT2D eigenvalue weighted by Gasteiger charge is -2.36. The highest BCUT2D eigenvalue weighted by Crippen LogP contribution is 2.44. The average Bonchev–Trinajstić information content (AvgIpc) is 3.36. The van der Waals surface area contributed by atoms with Gasteiger partial charge in [-0.3, -0.25) is 4.90 Å². The third-order valence-corrected chi connectivity index (χ3v) is 4.77. The van der Waals surface area contributed by atoms with Crippen molar-refractivity contribution in [2.75, 3.05) is 33.3 Å². The van der Waals surface area contributed by atoms with Gasteiger partial charge in [0.15, 0.2) is 0 Å². The first-order valence-corrected chi connectivity index (χ1v) is 8.19. The second kappa shape index (κ2) is 9.31. The van der Waals surface area contributed by atoms with Gasteiger partial charge in [0, 0.05) is 32.2 Å². The van der Waals surface area contributed by atoms with Crippen molar-refractivity contribution < 1.29 is 17.9 Å².